The highest BCUT2D eigenvalue weighted by Gasteiger charge is 2.29. The maximum Gasteiger partial charge on any atom is 0.126 e. The minimum Gasteiger partial charge on any atom is -0.485 e. The van der Waals surface area contributed by atoms with Gasteiger partial charge < -0.3 is 10.1 Å². The van der Waals surface area contributed by atoms with E-state index < -0.39 is 0 Å². The van der Waals surface area contributed by atoms with Gasteiger partial charge in [0, 0.05) is 18.0 Å². The minimum atomic E-state index is 0.134. The van der Waals surface area contributed by atoms with E-state index >= 15 is 0 Å². The van der Waals surface area contributed by atoms with Gasteiger partial charge in [-0.2, -0.15) is 0 Å². The van der Waals surface area contributed by atoms with Gasteiger partial charge in [-0.3, -0.25) is 0 Å². The van der Waals surface area contributed by atoms with Crippen LogP contribution in [0.4, 0.5) is 0 Å². The molecular formula is C18H21NO. The van der Waals surface area contributed by atoms with Crippen molar-refractivity contribution in [3.63, 3.8) is 0 Å². The van der Waals surface area contributed by atoms with Crippen molar-refractivity contribution in [2.75, 3.05) is 6.54 Å². The number of ether oxygens (including phenoxy) is 1. The van der Waals surface area contributed by atoms with Gasteiger partial charge in [-0.05, 0) is 30.7 Å². The van der Waals surface area contributed by atoms with Crippen LogP contribution in [-0.4, -0.2) is 6.54 Å². The molecule has 0 bridgehead atoms. The van der Waals surface area contributed by atoms with E-state index in [1.807, 2.05) is 6.07 Å². The normalized spacial score (nSPS) is 21.1. The summed E-state index contributed by atoms with van der Waals surface area (Å²) in [7, 11) is 0. The molecular weight excluding hydrogens is 246 g/mol. The summed E-state index contributed by atoms with van der Waals surface area (Å²) in [6.45, 7) is 5.28. The van der Waals surface area contributed by atoms with E-state index in [1.165, 1.54) is 16.7 Å². The zero-order chi connectivity index (χ0) is 13.9. The molecule has 104 valence electrons. The molecule has 1 aliphatic heterocycles. The Morgan fingerprint density at radius 1 is 1.05 bits per heavy atom. The van der Waals surface area contributed by atoms with Gasteiger partial charge in [-0.25, -0.2) is 0 Å². The fourth-order valence-corrected chi connectivity index (χ4v) is 3.00. The standard InChI is InChI=1S/C18H21NO/c1-3-19-16-12-18(14-9-5-4-8-13(14)2)20-17-11-7-6-10-15(16)17/h4-11,16,18-19H,3,12H2,1-2H3. The zero-order valence-corrected chi connectivity index (χ0v) is 12.1. The number of hydrogen-bond donors (Lipinski definition) is 1. The van der Waals surface area contributed by atoms with Crippen molar-refractivity contribution in [1.82, 2.24) is 5.32 Å². The number of aryl methyl sites for hydroxylation is 1. The average molecular weight is 267 g/mol. The number of rotatable bonds is 3. The summed E-state index contributed by atoms with van der Waals surface area (Å²) in [5.74, 6) is 1.01. The third-order valence-electron chi connectivity index (χ3n) is 4.00. The van der Waals surface area contributed by atoms with Crippen LogP contribution in [0.15, 0.2) is 48.5 Å². The largest absolute Gasteiger partial charge is 0.485 e. The van der Waals surface area contributed by atoms with Gasteiger partial charge in [0.1, 0.15) is 11.9 Å². The first kappa shape index (κ1) is 13.2. The SMILES string of the molecule is CCNC1CC(c2ccccc2C)Oc2ccccc21. The van der Waals surface area contributed by atoms with Crippen LogP contribution in [0, 0.1) is 6.92 Å². The van der Waals surface area contributed by atoms with Crippen molar-refractivity contribution in [2.45, 2.75) is 32.4 Å². The Kier molecular flexibility index (Phi) is 3.75. The Bertz CT molecular complexity index is 593. The molecule has 0 saturated carbocycles. The summed E-state index contributed by atoms with van der Waals surface area (Å²) in [6, 6.07) is 17.2. The Balaban J connectivity index is 1.96. The van der Waals surface area contributed by atoms with Gasteiger partial charge in [0.2, 0.25) is 0 Å². The fraction of sp³-hybridized carbons (Fsp3) is 0.333. The topological polar surface area (TPSA) is 21.3 Å². The second-order valence-electron chi connectivity index (χ2n) is 5.35. The lowest BCUT2D eigenvalue weighted by molar-refractivity contribution is 0.151. The summed E-state index contributed by atoms with van der Waals surface area (Å²) in [5, 5.41) is 3.58. The van der Waals surface area contributed by atoms with Crippen molar-refractivity contribution < 1.29 is 4.74 Å². The summed E-state index contributed by atoms with van der Waals surface area (Å²) < 4.78 is 6.24. The highest BCUT2D eigenvalue weighted by Crippen LogP contribution is 2.41. The van der Waals surface area contributed by atoms with Crippen LogP contribution in [0.25, 0.3) is 0 Å². The quantitative estimate of drug-likeness (QED) is 0.901. The van der Waals surface area contributed by atoms with Crippen LogP contribution < -0.4 is 10.1 Å². The van der Waals surface area contributed by atoms with E-state index in [1.54, 1.807) is 0 Å². The Hall–Kier alpha value is -1.80. The predicted molar refractivity (Wildman–Crippen MR) is 82.0 cm³/mol. The maximum atomic E-state index is 6.24. The molecule has 2 nitrogen and oxygen atoms in total. The molecule has 2 heteroatoms. The van der Waals surface area contributed by atoms with Crippen LogP contribution in [0.2, 0.25) is 0 Å². The third kappa shape index (κ3) is 2.44. The summed E-state index contributed by atoms with van der Waals surface area (Å²) in [5.41, 5.74) is 3.87. The number of benzene rings is 2. The average Bonchev–Trinajstić information content (AvgIpc) is 2.48. The predicted octanol–water partition coefficient (Wildman–Crippen LogP) is 4.17. The molecule has 2 atom stereocenters. The van der Waals surface area contributed by atoms with Crippen molar-refractivity contribution in [3.8, 4) is 5.75 Å². The highest BCUT2D eigenvalue weighted by molar-refractivity contribution is 5.40. The van der Waals surface area contributed by atoms with Crippen molar-refractivity contribution in [1.29, 1.82) is 0 Å². The van der Waals surface area contributed by atoms with E-state index in [4.69, 9.17) is 4.74 Å². The summed E-state index contributed by atoms with van der Waals surface area (Å²) >= 11 is 0. The first-order chi connectivity index (χ1) is 9.79. The monoisotopic (exact) mass is 267 g/mol. The molecule has 0 spiro atoms. The van der Waals surface area contributed by atoms with Crippen molar-refractivity contribution in [3.05, 3.63) is 65.2 Å². The molecule has 20 heavy (non-hydrogen) atoms. The second-order valence-corrected chi connectivity index (χ2v) is 5.35. The molecule has 1 aliphatic rings. The molecule has 0 aromatic heterocycles. The lowest BCUT2D eigenvalue weighted by Crippen LogP contribution is -2.29. The van der Waals surface area contributed by atoms with Gasteiger partial charge >= 0.3 is 0 Å². The van der Waals surface area contributed by atoms with E-state index in [0.717, 1.165) is 18.7 Å². The second kappa shape index (κ2) is 5.68. The number of nitrogens with one attached hydrogen (secondary N) is 1. The lowest BCUT2D eigenvalue weighted by atomic mass is 9.91. The Morgan fingerprint density at radius 2 is 1.75 bits per heavy atom. The van der Waals surface area contributed by atoms with Crippen LogP contribution in [0.1, 0.15) is 42.2 Å². The zero-order valence-electron chi connectivity index (χ0n) is 12.1. The summed E-state index contributed by atoms with van der Waals surface area (Å²) in [4.78, 5) is 0. The molecule has 1 heterocycles. The van der Waals surface area contributed by atoms with Crippen LogP contribution in [-0.2, 0) is 0 Å². The van der Waals surface area contributed by atoms with E-state index in [0.29, 0.717) is 6.04 Å². The molecule has 0 fully saturated rings. The smallest absolute Gasteiger partial charge is 0.126 e. The van der Waals surface area contributed by atoms with E-state index in [-0.39, 0.29) is 6.10 Å². The van der Waals surface area contributed by atoms with Crippen LogP contribution in [0.3, 0.4) is 0 Å². The first-order valence-electron chi connectivity index (χ1n) is 7.34. The van der Waals surface area contributed by atoms with Gasteiger partial charge in [-0.15, -0.1) is 0 Å². The highest BCUT2D eigenvalue weighted by atomic mass is 16.5. The molecule has 2 aromatic rings. The third-order valence-corrected chi connectivity index (χ3v) is 4.00. The molecule has 0 aliphatic carbocycles. The first-order valence-corrected chi connectivity index (χ1v) is 7.34. The number of para-hydroxylation sites is 1. The van der Waals surface area contributed by atoms with E-state index in [2.05, 4.69) is 61.6 Å². The fourth-order valence-electron chi connectivity index (χ4n) is 3.00. The minimum absolute atomic E-state index is 0.134. The number of hydrogen-bond acceptors (Lipinski definition) is 2. The van der Waals surface area contributed by atoms with Gasteiger partial charge in [-0.1, -0.05) is 49.4 Å². The Labute approximate surface area is 120 Å². The van der Waals surface area contributed by atoms with Crippen LogP contribution >= 0.6 is 0 Å². The molecule has 3 rings (SSSR count). The van der Waals surface area contributed by atoms with Gasteiger partial charge in [0.15, 0.2) is 0 Å². The molecule has 0 saturated heterocycles. The molecule has 2 aromatic carbocycles. The lowest BCUT2D eigenvalue weighted by Gasteiger charge is -2.33. The van der Waals surface area contributed by atoms with Crippen molar-refractivity contribution in [2.24, 2.45) is 0 Å². The van der Waals surface area contributed by atoms with Crippen LogP contribution in [0.5, 0.6) is 5.75 Å². The molecule has 1 N–H and O–H groups in total. The van der Waals surface area contributed by atoms with Gasteiger partial charge in [0.05, 0.1) is 0 Å². The van der Waals surface area contributed by atoms with Gasteiger partial charge in [0.25, 0.3) is 0 Å². The van der Waals surface area contributed by atoms with Crippen molar-refractivity contribution >= 4 is 0 Å². The number of fused-ring (bicyclic) bond motifs is 1. The maximum absolute atomic E-state index is 6.24. The molecule has 0 amide bonds. The summed E-state index contributed by atoms with van der Waals surface area (Å²) in [6.07, 6.45) is 1.12. The molecule has 0 radical (unpaired) electrons. The van der Waals surface area contributed by atoms with E-state index in [9.17, 15) is 0 Å². The Morgan fingerprint density at radius 3 is 2.50 bits per heavy atom. The molecule has 2 unspecified atom stereocenters.